The molecule has 2 aromatic carbocycles. The van der Waals surface area contributed by atoms with Gasteiger partial charge in [0, 0.05) is 28.7 Å². The third-order valence-corrected chi connectivity index (χ3v) is 3.62. The first-order chi connectivity index (χ1) is 10.7. The molecule has 0 aliphatic heterocycles. The van der Waals surface area contributed by atoms with Gasteiger partial charge in [-0.3, -0.25) is 4.79 Å². The number of hydrogen-bond donors (Lipinski definition) is 0. The second kappa shape index (κ2) is 6.41. The number of benzene rings is 2. The highest BCUT2D eigenvalue weighted by molar-refractivity contribution is 6.32. The van der Waals surface area contributed by atoms with Crippen molar-refractivity contribution in [3.8, 4) is 5.69 Å². The van der Waals surface area contributed by atoms with Crippen molar-refractivity contribution >= 4 is 23.5 Å². The summed E-state index contributed by atoms with van der Waals surface area (Å²) in [4.78, 5) is 16.2. The maximum Gasteiger partial charge on any atom is 0.185 e. The smallest absolute Gasteiger partial charge is 0.185 e. The van der Waals surface area contributed by atoms with E-state index in [1.165, 1.54) is 6.08 Å². The Labute approximate surface area is 133 Å². The Morgan fingerprint density at radius 1 is 1.09 bits per heavy atom. The van der Waals surface area contributed by atoms with E-state index in [4.69, 9.17) is 11.6 Å². The van der Waals surface area contributed by atoms with Crippen molar-refractivity contribution in [3.63, 3.8) is 0 Å². The summed E-state index contributed by atoms with van der Waals surface area (Å²) in [6, 6.07) is 14.8. The molecule has 1 heterocycles. The number of allylic oxidation sites excluding steroid dienone is 1. The normalized spacial score (nSPS) is 11.0. The zero-order chi connectivity index (χ0) is 15.4. The SMILES string of the molecule is O=C(/C=C/c1ccccc1Cl)c1ccc(-n2ccnc2)cc1. The van der Waals surface area contributed by atoms with E-state index in [0.29, 0.717) is 10.6 Å². The molecule has 22 heavy (non-hydrogen) atoms. The first-order valence-corrected chi connectivity index (χ1v) is 7.17. The Bertz CT molecular complexity index is 805. The minimum absolute atomic E-state index is 0.0582. The second-order valence-electron chi connectivity index (χ2n) is 4.74. The summed E-state index contributed by atoms with van der Waals surface area (Å²) in [6.07, 6.45) is 8.55. The van der Waals surface area contributed by atoms with E-state index >= 15 is 0 Å². The number of ketones is 1. The summed E-state index contributed by atoms with van der Waals surface area (Å²) in [5, 5.41) is 0.627. The molecule has 0 N–H and O–H groups in total. The summed E-state index contributed by atoms with van der Waals surface area (Å²) in [5.41, 5.74) is 2.42. The molecule has 0 amide bonds. The summed E-state index contributed by atoms with van der Waals surface area (Å²) in [5.74, 6) is -0.0582. The van der Waals surface area contributed by atoms with E-state index in [1.54, 1.807) is 36.8 Å². The average Bonchev–Trinajstić information content (AvgIpc) is 3.08. The molecule has 0 bridgehead atoms. The van der Waals surface area contributed by atoms with Gasteiger partial charge in [0.1, 0.15) is 0 Å². The van der Waals surface area contributed by atoms with Gasteiger partial charge < -0.3 is 4.57 Å². The van der Waals surface area contributed by atoms with Crippen LogP contribution < -0.4 is 0 Å². The fourth-order valence-corrected chi connectivity index (χ4v) is 2.28. The monoisotopic (exact) mass is 308 g/mol. The molecule has 1 aromatic heterocycles. The van der Waals surface area contributed by atoms with Gasteiger partial charge in [-0.1, -0.05) is 29.8 Å². The maximum absolute atomic E-state index is 12.2. The van der Waals surface area contributed by atoms with Crippen LogP contribution in [0.1, 0.15) is 15.9 Å². The number of carbonyl (C=O) groups is 1. The van der Waals surface area contributed by atoms with Crippen molar-refractivity contribution in [1.82, 2.24) is 9.55 Å². The Kier molecular flexibility index (Phi) is 4.17. The fraction of sp³-hybridized carbons (Fsp3) is 0. The van der Waals surface area contributed by atoms with Crippen LogP contribution in [0.15, 0.2) is 73.3 Å². The molecule has 0 saturated heterocycles. The van der Waals surface area contributed by atoms with Gasteiger partial charge >= 0.3 is 0 Å². The maximum atomic E-state index is 12.2. The van der Waals surface area contributed by atoms with Gasteiger partial charge in [0.25, 0.3) is 0 Å². The average molecular weight is 309 g/mol. The zero-order valence-electron chi connectivity index (χ0n) is 11.7. The fourth-order valence-electron chi connectivity index (χ4n) is 2.08. The lowest BCUT2D eigenvalue weighted by atomic mass is 10.1. The van der Waals surface area contributed by atoms with Gasteiger partial charge in [0.2, 0.25) is 0 Å². The lowest BCUT2D eigenvalue weighted by Gasteiger charge is -2.02. The molecule has 0 spiro atoms. The molecule has 0 unspecified atom stereocenters. The van der Waals surface area contributed by atoms with Crippen LogP contribution in [0.25, 0.3) is 11.8 Å². The minimum atomic E-state index is -0.0582. The highest BCUT2D eigenvalue weighted by Crippen LogP contribution is 2.17. The van der Waals surface area contributed by atoms with E-state index < -0.39 is 0 Å². The van der Waals surface area contributed by atoms with Crippen LogP contribution >= 0.6 is 11.6 Å². The van der Waals surface area contributed by atoms with Gasteiger partial charge in [0.15, 0.2) is 5.78 Å². The van der Waals surface area contributed by atoms with Gasteiger partial charge in [-0.2, -0.15) is 0 Å². The predicted octanol–water partition coefficient (Wildman–Crippen LogP) is 4.42. The Morgan fingerprint density at radius 2 is 1.86 bits per heavy atom. The molecular weight excluding hydrogens is 296 g/mol. The van der Waals surface area contributed by atoms with Crippen molar-refractivity contribution < 1.29 is 4.79 Å². The number of aromatic nitrogens is 2. The highest BCUT2D eigenvalue weighted by atomic mass is 35.5. The third kappa shape index (κ3) is 3.15. The Morgan fingerprint density at radius 3 is 2.55 bits per heavy atom. The molecular formula is C18H13ClN2O. The predicted molar refractivity (Wildman–Crippen MR) is 88.4 cm³/mol. The number of hydrogen-bond acceptors (Lipinski definition) is 2. The molecule has 0 atom stereocenters. The topological polar surface area (TPSA) is 34.9 Å². The first-order valence-electron chi connectivity index (χ1n) is 6.79. The zero-order valence-corrected chi connectivity index (χ0v) is 12.4. The van der Waals surface area contributed by atoms with E-state index in [-0.39, 0.29) is 5.78 Å². The largest absolute Gasteiger partial charge is 0.306 e. The molecule has 3 nitrogen and oxygen atoms in total. The minimum Gasteiger partial charge on any atom is -0.306 e. The quantitative estimate of drug-likeness (QED) is 0.528. The third-order valence-electron chi connectivity index (χ3n) is 3.27. The second-order valence-corrected chi connectivity index (χ2v) is 5.14. The van der Waals surface area contributed by atoms with E-state index in [0.717, 1.165) is 11.3 Å². The van der Waals surface area contributed by atoms with Gasteiger partial charge in [-0.25, -0.2) is 4.98 Å². The van der Waals surface area contributed by atoms with Crippen LogP contribution in [-0.4, -0.2) is 15.3 Å². The lowest BCUT2D eigenvalue weighted by molar-refractivity contribution is 0.104. The number of nitrogens with zero attached hydrogens (tertiary/aromatic N) is 2. The molecule has 0 radical (unpaired) electrons. The van der Waals surface area contributed by atoms with Crippen LogP contribution in [0.2, 0.25) is 5.02 Å². The van der Waals surface area contributed by atoms with Gasteiger partial charge in [-0.15, -0.1) is 0 Å². The lowest BCUT2D eigenvalue weighted by Crippen LogP contribution is -1.96. The van der Waals surface area contributed by atoms with Crippen molar-refractivity contribution in [1.29, 1.82) is 0 Å². The van der Waals surface area contributed by atoms with Crippen LogP contribution in [0.5, 0.6) is 0 Å². The highest BCUT2D eigenvalue weighted by Gasteiger charge is 2.03. The van der Waals surface area contributed by atoms with Crippen LogP contribution in [0.3, 0.4) is 0 Å². The Hall–Kier alpha value is -2.65. The van der Waals surface area contributed by atoms with Crippen molar-refractivity contribution in [2.24, 2.45) is 0 Å². The summed E-state index contributed by atoms with van der Waals surface area (Å²) in [7, 11) is 0. The molecule has 0 saturated carbocycles. The Balaban J connectivity index is 1.77. The van der Waals surface area contributed by atoms with Gasteiger partial charge in [0.05, 0.1) is 6.33 Å². The van der Waals surface area contributed by atoms with Crippen molar-refractivity contribution in [2.75, 3.05) is 0 Å². The molecule has 3 rings (SSSR count). The standard InChI is InChI=1S/C18H13ClN2O/c19-17-4-2-1-3-14(17)7-10-18(22)15-5-8-16(9-6-15)21-12-11-20-13-21/h1-13H/b10-7+. The number of halogens is 1. The molecule has 0 aliphatic rings. The number of rotatable bonds is 4. The van der Waals surface area contributed by atoms with E-state index in [2.05, 4.69) is 4.98 Å². The number of carbonyl (C=O) groups excluding carboxylic acids is 1. The number of imidazole rings is 1. The van der Waals surface area contributed by atoms with E-state index in [9.17, 15) is 4.79 Å². The molecule has 0 fully saturated rings. The van der Waals surface area contributed by atoms with Gasteiger partial charge in [-0.05, 0) is 48.0 Å². The first kappa shape index (κ1) is 14.3. The van der Waals surface area contributed by atoms with Crippen LogP contribution in [-0.2, 0) is 0 Å². The van der Waals surface area contributed by atoms with Crippen molar-refractivity contribution in [2.45, 2.75) is 0 Å². The van der Waals surface area contributed by atoms with Crippen LogP contribution in [0.4, 0.5) is 0 Å². The molecule has 0 aliphatic carbocycles. The summed E-state index contributed by atoms with van der Waals surface area (Å²) in [6.45, 7) is 0. The summed E-state index contributed by atoms with van der Waals surface area (Å²) >= 11 is 6.06. The van der Waals surface area contributed by atoms with E-state index in [1.807, 2.05) is 41.1 Å². The molecule has 108 valence electrons. The van der Waals surface area contributed by atoms with Crippen LogP contribution in [0, 0.1) is 0 Å². The molecule has 3 aromatic rings. The summed E-state index contributed by atoms with van der Waals surface area (Å²) < 4.78 is 1.88. The van der Waals surface area contributed by atoms with Crippen molar-refractivity contribution in [3.05, 3.63) is 89.5 Å². The molecule has 4 heteroatoms.